The molecule has 338 valence electrons. The number of carbonyl (C=O) groups excluding carboxylic acids is 2. The van der Waals surface area contributed by atoms with E-state index in [1.54, 1.807) is 0 Å². The van der Waals surface area contributed by atoms with Gasteiger partial charge < -0.3 is 20.3 Å². The highest BCUT2D eigenvalue weighted by Crippen LogP contribution is 2.18. The number of hydrogen-bond donors (Lipinski definition) is 3. The van der Waals surface area contributed by atoms with Crippen molar-refractivity contribution in [1.82, 2.24) is 5.32 Å². The number of esters is 1. The van der Waals surface area contributed by atoms with E-state index in [1.165, 1.54) is 128 Å². The van der Waals surface area contributed by atoms with Crippen molar-refractivity contribution in [3.63, 3.8) is 0 Å². The molecule has 0 aromatic rings. The molecule has 0 aromatic heterocycles. The molecule has 0 saturated carbocycles. The molecule has 6 heteroatoms. The summed E-state index contributed by atoms with van der Waals surface area (Å²) in [5, 5.41) is 23.6. The third kappa shape index (κ3) is 40.6. The lowest BCUT2D eigenvalue weighted by Gasteiger charge is -2.24. The number of nitrogens with one attached hydrogen (secondary N) is 1. The first kappa shape index (κ1) is 55.8. The van der Waals surface area contributed by atoms with Gasteiger partial charge in [0.1, 0.15) is 6.10 Å². The summed E-state index contributed by atoms with van der Waals surface area (Å²) in [5.74, 6) is -0.508. The number of hydrogen-bond acceptors (Lipinski definition) is 5. The van der Waals surface area contributed by atoms with E-state index >= 15 is 0 Å². The van der Waals surface area contributed by atoms with Gasteiger partial charge in [0.15, 0.2) is 0 Å². The summed E-state index contributed by atoms with van der Waals surface area (Å²) in [6, 6.07) is -0.711. The number of aliphatic hydroxyl groups excluding tert-OH is 2. The van der Waals surface area contributed by atoms with Crippen molar-refractivity contribution in [3.8, 4) is 0 Å². The average molecular weight is 814 g/mol. The van der Waals surface area contributed by atoms with Crippen LogP contribution in [0.2, 0.25) is 0 Å². The van der Waals surface area contributed by atoms with Crippen molar-refractivity contribution >= 4 is 11.9 Å². The standard InChI is InChI=1S/C52H95NO5/c1-4-7-10-13-16-19-21-23-24-25-26-28-30-33-36-39-42-45-52(57)58-48(43-40-37-34-32-29-27-22-20-17-14-11-8-5-2)46-51(56)53-49(47-54)50(55)44-41-38-35-31-18-15-12-9-6-3/h8,11,14,17,20,22,27,29,48-50,54-55H,4-7,9-10,12-13,15-16,18-19,21,23-26,28,30-47H2,1-3H3,(H,53,56)/b11-8+,17-14+,22-20+,29-27-. The lowest BCUT2D eigenvalue weighted by molar-refractivity contribution is -0.151. The van der Waals surface area contributed by atoms with Crippen LogP contribution in [0.5, 0.6) is 0 Å². The Balaban J connectivity index is 4.58. The molecular formula is C52H95NO5. The maximum absolute atomic E-state index is 13.1. The molecule has 0 aromatic carbocycles. The molecule has 0 bridgehead atoms. The van der Waals surface area contributed by atoms with E-state index in [4.69, 9.17) is 4.74 Å². The van der Waals surface area contributed by atoms with E-state index in [0.29, 0.717) is 19.3 Å². The van der Waals surface area contributed by atoms with Crippen LogP contribution in [0, 0.1) is 0 Å². The smallest absolute Gasteiger partial charge is 0.306 e. The van der Waals surface area contributed by atoms with E-state index in [-0.39, 0.29) is 24.9 Å². The van der Waals surface area contributed by atoms with Gasteiger partial charge in [-0.15, -0.1) is 0 Å². The lowest BCUT2D eigenvalue weighted by Crippen LogP contribution is -2.46. The van der Waals surface area contributed by atoms with Crippen LogP contribution >= 0.6 is 0 Å². The van der Waals surface area contributed by atoms with Crippen molar-refractivity contribution < 1.29 is 24.5 Å². The van der Waals surface area contributed by atoms with Gasteiger partial charge in [-0.3, -0.25) is 9.59 Å². The van der Waals surface area contributed by atoms with Crippen molar-refractivity contribution in [1.29, 1.82) is 0 Å². The van der Waals surface area contributed by atoms with Crippen molar-refractivity contribution in [3.05, 3.63) is 48.6 Å². The Morgan fingerprint density at radius 3 is 1.41 bits per heavy atom. The first-order valence-electron chi connectivity index (χ1n) is 24.9. The largest absolute Gasteiger partial charge is 0.462 e. The fourth-order valence-electron chi connectivity index (χ4n) is 7.50. The molecule has 1 amide bonds. The summed E-state index contributed by atoms with van der Waals surface area (Å²) in [5.41, 5.74) is 0. The molecule has 0 aliphatic heterocycles. The monoisotopic (exact) mass is 814 g/mol. The Hall–Kier alpha value is -2.18. The van der Waals surface area contributed by atoms with Gasteiger partial charge in [0.25, 0.3) is 0 Å². The molecule has 0 rings (SSSR count). The Bertz CT molecular complexity index is 1000. The Labute approximate surface area is 359 Å². The van der Waals surface area contributed by atoms with Gasteiger partial charge in [0.05, 0.1) is 25.2 Å². The van der Waals surface area contributed by atoms with Crippen LogP contribution in [0.25, 0.3) is 0 Å². The quantitative estimate of drug-likeness (QED) is 0.0323. The minimum atomic E-state index is -0.795. The number of allylic oxidation sites excluding steroid dienone is 8. The second-order valence-corrected chi connectivity index (χ2v) is 16.9. The Morgan fingerprint density at radius 2 is 0.931 bits per heavy atom. The van der Waals surface area contributed by atoms with E-state index < -0.39 is 18.2 Å². The molecule has 3 N–H and O–H groups in total. The van der Waals surface area contributed by atoms with Crippen LogP contribution in [0.4, 0.5) is 0 Å². The highest BCUT2D eigenvalue weighted by Gasteiger charge is 2.24. The van der Waals surface area contributed by atoms with E-state index in [1.807, 2.05) is 24.3 Å². The zero-order valence-corrected chi connectivity index (χ0v) is 38.4. The number of rotatable bonds is 44. The summed E-state index contributed by atoms with van der Waals surface area (Å²) in [4.78, 5) is 26.1. The first-order chi connectivity index (χ1) is 28.5. The molecule has 6 nitrogen and oxygen atoms in total. The summed E-state index contributed by atoms with van der Waals surface area (Å²) >= 11 is 0. The van der Waals surface area contributed by atoms with Crippen LogP contribution in [0.3, 0.4) is 0 Å². The Kier molecular flexibility index (Phi) is 44.2. The number of aliphatic hydroxyl groups is 2. The van der Waals surface area contributed by atoms with Crippen molar-refractivity contribution in [2.24, 2.45) is 0 Å². The molecule has 0 saturated heterocycles. The van der Waals surface area contributed by atoms with Gasteiger partial charge in [-0.25, -0.2) is 0 Å². The fourth-order valence-corrected chi connectivity index (χ4v) is 7.50. The molecular weight excluding hydrogens is 719 g/mol. The topological polar surface area (TPSA) is 95.9 Å². The second-order valence-electron chi connectivity index (χ2n) is 16.9. The molecule has 0 spiro atoms. The highest BCUT2D eigenvalue weighted by molar-refractivity contribution is 5.77. The predicted octanol–water partition coefficient (Wildman–Crippen LogP) is 14.7. The summed E-state index contributed by atoms with van der Waals surface area (Å²) < 4.78 is 5.91. The molecule has 0 aliphatic rings. The van der Waals surface area contributed by atoms with Crippen LogP contribution < -0.4 is 5.32 Å². The zero-order valence-electron chi connectivity index (χ0n) is 38.4. The van der Waals surface area contributed by atoms with E-state index in [9.17, 15) is 19.8 Å². The summed E-state index contributed by atoms with van der Waals surface area (Å²) in [6.07, 6.45) is 54.6. The third-order valence-electron chi connectivity index (χ3n) is 11.3. The van der Waals surface area contributed by atoms with Crippen LogP contribution in [-0.4, -0.2) is 46.9 Å². The SMILES string of the molecule is CC/C=C/C=C/C=C/C=C\CCCCCC(CC(=O)NC(CO)C(O)CCCCCCCCCCC)OC(=O)CCCCCCCCCCCCCCCCCCC. The highest BCUT2D eigenvalue weighted by atomic mass is 16.5. The first-order valence-corrected chi connectivity index (χ1v) is 24.9. The van der Waals surface area contributed by atoms with Crippen molar-refractivity contribution in [2.75, 3.05) is 6.61 Å². The zero-order chi connectivity index (χ0) is 42.4. The van der Waals surface area contributed by atoms with Gasteiger partial charge in [-0.1, -0.05) is 236 Å². The Morgan fingerprint density at radius 1 is 0.517 bits per heavy atom. The van der Waals surface area contributed by atoms with Crippen molar-refractivity contribution in [2.45, 2.75) is 264 Å². The van der Waals surface area contributed by atoms with Gasteiger partial charge >= 0.3 is 5.97 Å². The number of ether oxygens (including phenoxy) is 1. The van der Waals surface area contributed by atoms with E-state index in [2.05, 4.69) is 50.4 Å². The summed E-state index contributed by atoms with van der Waals surface area (Å²) in [7, 11) is 0. The number of carbonyl (C=O) groups is 2. The third-order valence-corrected chi connectivity index (χ3v) is 11.3. The maximum atomic E-state index is 13.1. The van der Waals surface area contributed by atoms with E-state index in [0.717, 1.165) is 70.6 Å². The summed E-state index contributed by atoms with van der Waals surface area (Å²) in [6.45, 7) is 6.32. The van der Waals surface area contributed by atoms with Crippen LogP contribution in [-0.2, 0) is 14.3 Å². The molecule has 3 atom stereocenters. The number of unbranched alkanes of at least 4 members (excludes halogenated alkanes) is 27. The predicted molar refractivity (Wildman–Crippen MR) is 250 cm³/mol. The molecule has 3 unspecified atom stereocenters. The minimum absolute atomic E-state index is 0.0533. The second kappa shape index (κ2) is 45.9. The lowest BCUT2D eigenvalue weighted by atomic mass is 10.0. The van der Waals surface area contributed by atoms with Gasteiger partial charge in [-0.05, 0) is 44.9 Å². The molecule has 0 heterocycles. The van der Waals surface area contributed by atoms with Gasteiger partial charge in [-0.2, -0.15) is 0 Å². The van der Waals surface area contributed by atoms with Gasteiger partial charge in [0.2, 0.25) is 5.91 Å². The minimum Gasteiger partial charge on any atom is -0.462 e. The number of amides is 1. The van der Waals surface area contributed by atoms with Crippen LogP contribution in [0.15, 0.2) is 48.6 Å². The average Bonchev–Trinajstić information content (AvgIpc) is 3.22. The van der Waals surface area contributed by atoms with Gasteiger partial charge in [0, 0.05) is 6.42 Å². The molecule has 0 fully saturated rings. The molecule has 58 heavy (non-hydrogen) atoms. The maximum Gasteiger partial charge on any atom is 0.306 e. The molecule has 0 aliphatic carbocycles. The molecule has 0 radical (unpaired) electrons. The van der Waals surface area contributed by atoms with Crippen LogP contribution in [0.1, 0.15) is 245 Å². The normalized spacial score (nSPS) is 13.7. The fraction of sp³-hybridized carbons (Fsp3) is 0.808.